The summed E-state index contributed by atoms with van der Waals surface area (Å²) in [4.78, 5) is 4.91. The molecular weight excluding hydrogens is 470 g/mol. The molecule has 7 aromatic rings. The SMILES string of the molecule is C=C(N=C(C)c1ccccc1)c1ccccc1-c1ccc2c(c1)c1ccccc1c1c3ccccc3ccc21. The Morgan fingerprint density at radius 2 is 1.15 bits per heavy atom. The number of benzene rings is 7. The molecule has 184 valence electrons. The predicted molar refractivity (Wildman–Crippen MR) is 170 cm³/mol. The molecule has 0 bridgehead atoms. The van der Waals surface area contributed by atoms with E-state index in [1.807, 2.05) is 25.1 Å². The summed E-state index contributed by atoms with van der Waals surface area (Å²) in [5.74, 6) is 0. The van der Waals surface area contributed by atoms with Gasteiger partial charge >= 0.3 is 0 Å². The highest BCUT2D eigenvalue weighted by atomic mass is 14.8. The summed E-state index contributed by atoms with van der Waals surface area (Å²) in [6.07, 6.45) is 0. The highest BCUT2D eigenvalue weighted by Gasteiger charge is 2.14. The summed E-state index contributed by atoms with van der Waals surface area (Å²) in [6.45, 7) is 6.41. The molecule has 7 aromatic carbocycles. The minimum Gasteiger partial charge on any atom is -0.253 e. The fourth-order valence-corrected chi connectivity index (χ4v) is 5.88. The fraction of sp³-hybridized carbons (Fsp3) is 0.0263. The van der Waals surface area contributed by atoms with Crippen LogP contribution in [0.25, 0.3) is 59.9 Å². The Labute approximate surface area is 228 Å². The standard InChI is InChI=1S/C38H27N/c1-25(27-12-4-3-5-13-27)39-26(2)30-15-8-9-16-31(30)29-21-22-34-36-23-20-28-14-6-7-17-32(28)38(36)35-19-11-10-18-33(35)37(34)24-29/h3-24H,2H2,1H3. The third-order valence-corrected chi connectivity index (χ3v) is 7.77. The average molecular weight is 498 g/mol. The normalized spacial score (nSPS) is 12.0. The molecule has 39 heavy (non-hydrogen) atoms. The Morgan fingerprint density at radius 1 is 0.538 bits per heavy atom. The van der Waals surface area contributed by atoms with Crippen LogP contribution in [-0.2, 0) is 0 Å². The minimum absolute atomic E-state index is 0.766. The molecule has 0 saturated carbocycles. The Morgan fingerprint density at radius 3 is 2.00 bits per heavy atom. The highest BCUT2D eigenvalue weighted by molar-refractivity contribution is 6.31. The molecule has 1 heteroatoms. The van der Waals surface area contributed by atoms with Crippen LogP contribution in [0.2, 0.25) is 0 Å². The summed E-state index contributed by atoms with van der Waals surface area (Å²) in [5, 5.41) is 10.3. The largest absolute Gasteiger partial charge is 0.253 e. The summed E-state index contributed by atoms with van der Waals surface area (Å²) in [5.41, 5.74) is 6.17. The van der Waals surface area contributed by atoms with Crippen LogP contribution >= 0.6 is 0 Å². The number of fused-ring (bicyclic) bond motifs is 8. The lowest BCUT2D eigenvalue weighted by molar-refractivity contribution is 1.47. The van der Waals surface area contributed by atoms with E-state index in [1.165, 1.54) is 43.1 Å². The lowest BCUT2D eigenvalue weighted by Crippen LogP contribution is -1.96. The minimum atomic E-state index is 0.766. The van der Waals surface area contributed by atoms with Crippen LogP contribution in [-0.4, -0.2) is 5.71 Å². The third-order valence-electron chi connectivity index (χ3n) is 7.77. The lowest BCUT2D eigenvalue weighted by Gasteiger charge is -2.15. The maximum absolute atomic E-state index is 4.91. The van der Waals surface area contributed by atoms with Crippen molar-refractivity contribution in [2.45, 2.75) is 6.92 Å². The first kappa shape index (κ1) is 23.1. The van der Waals surface area contributed by atoms with Crippen molar-refractivity contribution in [2.75, 3.05) is 0 Å². The summed E-state index contributed by atoms with van der Waals surface area (Å²) < 4.78 is 0. The van der Waals surface area contributed by atoms with Crippen LogP contribution < -0.4 is 0 Å². The Hall–Kier alpha value is -5.01. The van der Waals surface area contributed by atoms with Gasteiger partial charge in [0.2, 0.25) is 0 Å². The Bertz CT molecular complexity index is 2060. The van der Waals surface area contributed by atoms with E-state index in [-0.39, 0.29) is 0 Å². The van der Waals surface area contributed by atoms with E-state index >= 15 is 0 Å². The lowest BCUT2D eigenvalue weighted by atomic mass is 9.89. The molecular formula is C38H27N. The van der Waals surface area contributed by atoms with Gasteiger partial charge in [-0.1, -0.05) is 134 Å². The van der Waals surface area contributed by atoms with Gasteiger partial charge in [0.15, 0.2) is 0 Å². The molecule has 7 rings (SSSR count). The second kappa shape index (κ2) is 9.38. The predicted octanol–water partition coefficient (Wildman–Crippen LogP) is 10.4. The van der Waals surface area contributed by atoms with Gasteiger partial charge in [0.05, 0.1) is 5.70 Å². The zero-order valence-electron chi connectivity index (χ0n) is 21.9. The summed E-state index contributed by atoms with van der Waals surface area (Å²) >= 11 is 0. The monoisotopic (exact) mass is 497 g/mol. The first-order chi connectivity index (χ1) is 19.2. The zero-order chi connectivity index (χ0) is 26.3. The maximum atomic E-state index is 4.91. The van der Waals surface area contributed by atoms with Gasteiger partial charge in [-0.15, -0.1) is 0 Å². The summed E-state index contributed by atoms with van der Waals surface area (Å²) in [6, 6.07) is 47.6. The van der Waals surface area contributed by atoms with Gasteiger partial charge in [0.1, 0.15) is 0 Å². The molecule has 0 N–H and O–H groups in total. The molecule has 0 heterocycles. The number of hydrogen-bond donors (Lipinski definition) is 0. The van der Waals surface area contributed by atoms with Crippen molar-refractivity contribution in [1.82, 2.24) is 0 Å². The van der Waals surface area contributed by atoms with Crippen molar-refractivity contribution in [3.05, 3.63) is 151 Å². The van der Waals surface area contributed by atoms with E-state index in [0.29, 0.717) is 0 Å². The smallest absolute Gasteiger partial charge is 0.0639 e. The van der Waals surface area contributed by atoms with Crippen LogP contribution in [0.4, 0.5) is 0 Å². The van der Waals surface area contributed by atoms with Crippen molar-refractivity contribution < 1.29 is 0 Å². The van der Waals surface area contributed by atoms with Crippen molar-refractivity contribution in [3.63, 3.8) is 0 Å². The zero-order valence-corrected chi connectivity index (χ0v) is 21.9. The number of hydrogen-bond acceptors (Lipinski definition) is 1. The molecule has 0 radical (unpaired) electrons. The highest BCUT2D eigenvalue weighted by Crippen LogP contribution is 2.41. The number of aliphatic imine (C=N–C) groups is 1. The summed E-state index contributed by atoms with van der Waals surface area (Å²) in [7, 11) is 0. The fourth-order valence-electron chi connectivity index (χ4n) is 5.88. The van der Waals surface area contributed by atoms with Gasteiger partial charge in [-0.25, -0.2) is 0 Å². The van der Waals surface area contributed by atoms with Crippen molar-refractivity contribution in [1.29, 1.82) is 0 Å². The van der Waals surface area contributed by atoms with E-state index < -0.39 is 0 Å². The van der Waals surface area contributed by atoms with Crippen LogP contribution in [0, 0.1) is 0 Å². The van der Waals surface area contributed by atoms with E-state index in [4.69, 9.17) is 4.99 Å². The van der Waals surface area contributed by atoms with Gasteiger partial charge < -0.3 is 0 Å². The first-order valence-electron chi connectivity index (χ1n) is 13.3. The second-order valence-electron chi connectivity index (χ2n) is 10.1. The third kappa shape index (κ3) is 3.91. The van der Waals surface area contributed by atoms with E-state index in [1.54, 1.807) is 0 Å². The molecule has 0 atom stereocenters. The first-order valence-corrected chi connectivity index (χ1v) is 13.3. The molecule has 0 spiro atoms. The van der Waals surface area contributed by atoms with Crippen molar-refractivity contribution in [3.8, 4) is 11.1 Å². The molecule has 0 fully saturated rings. The van der Waals surface area contributed by atoms with Gasteiger partial charge in [0, 0.05) is 11.3 Å². The molecule has 0 amide bonds. The van der Waals surface area contributed by atoms with Crippen molar-refractivity contribution >= 4 is 54.5 Å². The van der Waals surface area contributed by atoms with Crippen LogP contribution in [0.1, 0.15) is 18.1 Å². The van der Waals surface area contributed by atoms with Crippen LogP contribution in [0.15, 0.2) is 145 Å². The molecule has 0 saturated heterocycles. The second-order valence-corrected chi connectivity index (χ2v) is 10.1. The number of rotatable bonds is 4. The van der Waals surface area contributed by atoms with Gasteiger partial charge in [0.25, 0.3) is 0 Å². The van der Waals surface area contributed by atoms with Crippen LogP contribution in [0.5, 0.6) is 0 Å². The topological polar surface area (TPSA) is 12.4 Å². The Kier molecular flexibility index (Phi) is 5.56. The molecule has 0 aromatic heterocycles. The van der Waals surface area contributed by atoms with E-state index in [2.05, 4.69) is 122 Å². The Balaban J connectivity index is 1.44. The molecule has 1 nitrogen and oxygen atoms in total. The maximum Gasteiger partial charge on any atom is 0.0639 e. The van der Waals surface area contributed by atoms with Gasteiger partial charge in [-0.3, -0.25) is 4.99 Å². The average Bonchev–Trinajstić information content (AvgIpc) is 3.01. The van der Waals surface area contributed by atoms with Crippen LogP contribution in [0.3, 0.4) is 0 Å². The van der Waals surface area contributed by atoms with E-state index in [0.717, 1.165) is 33.7 Å². The molecule has 0 aliphatic carbocycles. The quantitative estimate of drug-likeness (QED) is 0.169. The van der Waals surface area contributed by atoms with Gasteiger partial charge in [-0.05, 0) is 72.8 Å². The molecule has 0 unspecified atom stereocenters. The van der Waals surface area contributed by atoms with Gasteiger partial charge in [-0.2, -0.15) is 0 Å². The number of nitrogens with zero attached hydrogens (tertiary/aromatic N) is 1. The molecule has 0 aliphatic rings. The van der Waals surface area contributed by atoms with Crippen molar-refractivity contribution in [2.24, 2.45) is 4.99 Å². The molecule has 0 aliphatic heterocycles. The van der Waals surface area contributed by atoms with E-state index in [9.17, 15) is 0 Å².